The molecule has 0 aliphatic carbocycles. The number of anilines is 1. The van der Waals surface area contributed by atoms with Gasteiger partial charge in [-0.1, -0.05) is 17.7 Å². The van der Waals surface area contributed by atoms with Gasteiger partial charge in [0.2, 0.25) is 0 Å². The average molecular weight is 325 g/mol. The number of amides is 1. The molecule has 0 bridgehead atoms. The van der Waals surface area contributed by atoms with Crippen LogP contribution in [0.2, 0.25) is 5.02 Å². The van der Waals surface area contributed by atoms with Crippen LogP contribution < -0.4 is 5.32 Å². The van der Waals surface area contributed by atoms with Gasteiger partial charge in [-0.25, -0.2) is 4.79 Å². The number of benzene rings is 1. The molecule has 1 amide bonds. The number of piperidine rings is 1. The minimum atomic E-state index is -0.429. The van der Waals surface area contributed by atoms with Crippen LogP contribution in [0, 0.1) is 5.92 Å². The van der Waals surface area contributed by atoms with Gasteiger partial charge in [0, 0.05) is 30.3 Å². The molecule has 1 aliphatic rings. The number of halogens is 1. The molecule has 2 rings (SSSR count). The number of likely N-dealkylation sites (tertiary alicyclic amines) is 1. The molecular formula is C17H25ClN2O2. The van der Waals surface area contributed by atoms with Crippen molar-refractivity contribution in [2.45, 2.75) is 39.2 Å². The Morgan fingerprint density at radius 3 is 2.64 bits per heavy atom. The molecule has 0 unspecified atom stereocenters. The first-order chi connectivity index (χ1) is 10.3. The highest BCUT2D eigenvalue weighted by Crippen LogP contribution is 2.21. The number of hydrogen-bond acceptors (Lipinski definition) is 3. The fourth-order valence-electron chi connectivity index (χ4n) is 2.51. The minimum Gasteiger partial charge on any atom is -0.444 e. The van der Waals surface area contributed by atoms with E-state index in [0.29, 0.717) is 5.92 Å². The van der Waals surface area contributed by atoms with Gasteiger partial charge >= 0.3 is 6.09 Å². The third kappa shape index (κ3) is 5.41. The molecule has 0 spiro atoms. The van der Waals surface area contributed by atoms with Crippen LogP contribution in [0.3, 0.4) is 0 Å². The standard InChI is InChI=1S/C17H25ClN2O2/c1-17(2,3)22-16(21)20-9-7-13(8-10-20)12-19-15-6-4-5-14(18)11-15/h4-6,11,13,19H,7-10,12H2,1-3H3. The van der Waals surface area contributed by atoms with Crippen LogP contribution >= 0.6 is 11.6 Å². The molecule has 1 heterocycles. The Morgan fingerprint density at radius 1 is 1.36 bits per heavy atom. The number of carbonyl (C=O) groups is 1. The maximum Gasteiger partial charge on any atom is 0.410 e. The van der Waals surface area contributed by atoms with E-state index in [2.05, 4.69) is 5.32 Å². The number of nitrogens with one attached hydrogen (secondary N) is 1. The summed E-state index contributed by atoms with van der Waals surface area (Å²) < 4.78 is 5.41. The predicted molar refractivity (Wildman–Crippen MR) is 90.5 cm³/mol. The Kier molecular flexibility index (Phi) is 5.57. The molecular weight excluding hydrogens is 300 g/mol. The SMILES string of the molecule is CC(C)(C)OC(=O)N1CCC(CNc2cccc(Cl)c2)CC1. The van der Waals surface area contributed by atoms with Crippen LogP contribution in [-0.4, -0.2) is 36.2 Å². The quantitative estimate of drug-likeness (QED) is 0.896. The highest BCUT2D eigenvalue weighted by molar-refractivity contribution is 6.30. The van der Waals surface area contributed by atoms with Gasteiger partial charge in [0.25, 0.3) is 0 Å². The Morgan fingerprint density at radius 2 is 2.05 bits per heavy atom. The second-order valence-corrected chi connectivity index (χ2v) is 7.24. The molecule has 22 heavy (non-hydrogen) atoms. The lowest BCUT2D eigenvalue weighted by Gasteiger charge is -2.33. The number of ether oxygens (including phenoxy) is 1. The first-order valence-electron chi connectivity index (χ1n) is 7.81. The molecule has 1 fully saturated rings. The monoisotopic (exact) mass is 324 g/mol. The summed E-state index contributed by atoms with van der Waals surface area (Å²) >= 11 is 5.97. The van der Waals surface area contributed by atoms with Gasteiger partial charge in [-0.15, -0.1) is 0 Å². The fraction of sp³-hybridized carbons (Fsp3) is 0.588. The Hall–Kier alpha value is -1.42. The highest BCUT2D eigenvalue weighted by Gasteiger charge is 2.26. The summed E-state index contributed by atoms with van der Waals surface area (Å²) in [5, 5.41) is 4.16. The van der Waals surface area contributed by atoms with E-state index in [1.165, 1.54) is 0 Å². The zero-order chi connectivity index (χ0) is 16.2. The van der Waals surface area contributed by atoms with Crippen molar-refractivity contribution in [2.24, 2.45) is 5.92 Å². The zero-order valence-electron chi connectivity index (χ0n) is 13.6. The predicted octanol–water partition coefficient (Wildman–Crippen LogP) is 4.40. The molecule has 0 radical (unpaired) electrons. The number of carbonyl (C=O) groups excluding carboxylic acids is 1. The molecule has 0 atom stereocenters. The highest BCUT2D eigenvalue weighted by atomic mass is 35.5. The molecule has 5 heteroatoms. The Labute approximate surface area is 137 Å². The third-order valence-corrected chi connectivity index (χ3v) is 3.92. The third-order valence-electron chi connectivity index (χ3n) is 3.69. The summed E-state index contributed by atoms with van der Waals surface area (Å²) in [5.41, 5.74) is 0.615. The lowest BCUT2D eigenvalue weighted by atomic mass is 9.97. The first kappa shape index (κ1) is 16.9. The van der Waals surface area contributed by atoms with Crippen LogP contribution in [0.1, 0.15) is 33.6 Å². The molecule has 4 nitrogen and oxygen atoms in total. The minimum absolute atomic E-state index is 0.200. The maximum absolute atomic E-state index is 12.0. The fourth-order valence-corrected chi connectivity index (χ4v) is 2.70. The second kappa shape index (κ2) is 7.23. The molecule has 1 N–H and O–H groups in total. The summed E-state index contributed by atoms with van der Waals surface area (Å²) in [7, 11) is 0. The van der Waals surface area contributed by atoms with Crippen LogP contribution in [0.5, 0.6) is 0 Å². The molecule has 0 aromatic heterocycles. The zero-order valence-corrected chi connectivity index (χ0v) is 14.3. The van der Waals surface area contributed by atoms with Crippen molar-refractivity contribution in [3.8, 4) is 0 Å². The van der Waals surface area contributed by atoms with Gasteiger partial charge in [0.1, 0.15) is 5.60 Å². The average Bonchev–Trinajstić information content (AvgIpc) is 2.44. The molecule has 0 saturated carbocycles. The van der Waals surface area contributed by atoms with E-state index in [4.69, 9.17) is 16.3 Å². The largest absolute Gasteiger partial charge is 0.444 e. The van der Waals surface area contributed by atoms with E-state index < -0.39 is 5.60 Å². The Balaban J connectivity index is 1.74. The van der Waals surface area contributed by atoms with Crippen molar-refractivity contribution in [1.29, 1.82) is 0 Å². The van der Waals surface area contributed by atoms with E-state index in [9.17, 15) is 4.79 Å². The van der Waals surface area contributed by atoms with Gasteiger partial charge in [-0.2, -0.15) is 0 Å². The van der Waals surface area contributed by atoms with Crippen LogP contribution in [0.4, 0.5) is 10.5 Å². The summed E-state index contributed by atoms with van der Waals surface area (Å²) in [6.45, 7) is 8.11. The van der Waals surface area contributed by atoms with Crippen LogP contribution in [0.15, 0.2) is 24.3 Å². The maximum atomic E-state index is 12.0. The lowest BCUT2D eigenvalue weighted by Crippen LogP contribution is -2.42. The Bertz CT molecular complexity index is 506. The van der Waals surface area contributed by atoms with E-state index in [1.54, 1.807) is 4.90 Å². The second-order valence-electron chi connectivity index (χ2n) is 6.80. The summed E-state index contributed by atoms with van der Waals surface area (Å²) in [6, 6.07) is 7.75. The summed E-state index contributed by atoms with van der Waals surface area (Å²) in [6.07, 6.45) is 1.79. The van der Waals surface area contributed by atoms with Gasteiger partial charge in [0.05, 0.1) is 0 Å². The number of nitrogens with zero attached hydrogens (tertiary/aromatic N) is 1. The normalized spacial score (nSPS) is 16.5. The van der Waals surface area contributed by atoms with Gasteiger partial charge in [-0.05, 0) is 57.7 Å². The van der Waals surface area contributed by atoms with Gasteiger partial charge < -0.3 is 15.0 Å². The van der Waals surface area contributed by atoms with E-state index in [-0.39, 0.29) is 6.09 Å². The molecule has 1 aromatic carbocycles. The van der Waals surface area contributed by atoms with E-state index >= 15 is 0 Å². The summed E-state index contributed by atoms with van der Waals surface area (Å²) in [5.74, 6) is 0.567. The van der Waals surface area contributed by atoms with Crippen molar-refractivity contribution in [1.82, 2.24) is 4.90 Å². The van der Waals surface area contributed by atoms with E-state index in [1.807, 2.05) is 45.0 Å². The molecule has 1 aromatic rings. The van der Waals surface area contributed by atoms with Crippen molar-refractivity contribution < 1.29 is 9.53 Å². The molecule has 122 valence electrons. The van der Waals surface area contributed by atoms with Crippen molar-refractivity contribution in [3.05, 3.63) is 29.3 Å². The van der Waals surface area contributed by atoms with Crippen LogP contribution in [-0.2, 0) is 4.74 Å². The topological polar surface area (TPSA) is 41.6 Å². The van der Waals surface area contributed by atoms with Gasteiger partial charge in [0.15, 0.2) is 0 Å². The van der Waals surface area contributed by atoms with Crippen molar-refractivity contribution in [3.63, 3.8) is 0 Å². The first-order valence-corrected chi connectivity index (χ1v) is 8.19. The summed E-state index contributed by atoms with van der Waals surface area (Å²) in [4.78, 5) is 13.8. The van der Waals surface area contributed by atoms with E-state index in [0.717, 1.165) is 43.2 Å². The number of hydrogen-bond donors (Lipinski definition) is 1. The van der Waals surface area contributed by atoms with Crippen LogP contribution in [0.25, 0.3) is 0 Å². The van der Waals surface area contributed by atoms with Crippen molar-refractivity contribution in [2.75, 3.05) is 25.0 Å². The van der Waals surface area contributed by atoms with Crippen molar-refractivity contribution >= 4 is 23.4 Å². The van der Waals surface area contributed by atoms with Gasteiger partial charge in [-0.3, -0.25) is 0 Å². The smallest absolute Gasteiger partial charge is 0.410 e. The number of rotatable bonds is 3. The molecule has 1 saturated heterocycles. The molecule has 1 aliphatic heterocycles. The lowest BCUT2D eigenvalue weighted by molar-refractivity contribution is 0.0188.